The van der Waals surface area contributed by atoms with Crippen LogP contribution in [-0.4, -0.2) is 51.1 Å². The van der Waals surface area contributed by atoms with Crippen LogP contribution < -0.4 is 10.8 Å². The summed E-state index contributed by atoms with van der Waals surface area (Å²) in [5, 5.41) is 13.0. The minimum atomic E-state index is -0.564. The molecular formula is C32H37N5O3. The number of urea groups is 1. The predicted octanol–water partition coefficient (Wildman–Crippen LogP) is 4.92. The van der Waals surface area contributed by atoms with Crippen molar-refractivity contribution >= 4 is 22.8 Å². The Bertz CT molecular complexity index is 1470. The Hall–Kier alpha value is -4.14. The van der Waals surface area contributed by atoms with Crippen LogP contribution >= 0.6 is 0 Å². The van der Waals surface area contributed by atoms with Crippen LogP contribution in [0.2, 0.25) is 0 Å². The van der Waals surface area contributed by atoms with Gasteiger partial charge in [-0.2, -0.15) is 0 Å². The Morgan fingerprint density at radius 3 is 2.27 bits per heavy atom. The number of amides is 3. The fraction of sp³-hybridized carbons (Fsp3) is 0.312. The number of hydrogen-bond donors (Lipinski definition) is 3. The third-order valence-electron chi connectivity index (χ3n) is 7.87. The zero-order chi connectivity index (χ0) is 28.1. The second-order valence-corrected chi connectivity index (χ2v) is 10.3. The van der Waals surface area contributed by atoms with Gasteiger partial charge in [0.25, 0.3) is 5.91 Å². The van der Waals surface area contributed by atoms with E-state index in [1.54, 1.807) is 29.7 Å². The van der Waals surface area contributed by atoms with Gasteiger partial charge in [0.05, 0.1) is 0 Å². The van der Waals surface area contributed by atoms with Gasteiger partial charge in [-0.25, -0.2) is 10.3 Å². The molecule has 1 aliphatic heterocycles. The molecule has 0 atom stereocenters. The Morgan fingerprint density at radius 1 is 0.900 bits per heavy atom. The van der Waals surface area contributed by atoms with E-state index in [9.17, 15) is 9.59 Å². The second-order valence-electron chi connectivity index (χ2n) is 10.3. The number of nitrogens with zero attached hydrogens (tertiary/aromatic N) is 3. The number of rotatable bonds is 9. The summed E-state index contributed by atoms with van der Waals surface area (Å²) in [6.07, 6.45) is 0.794. The maximum absolute atomic E-state index is 13.1. The molecule has 0 aliphatic carbocycles. The highest BCUT2D eigenvalue weighted by Gasteiger charge is 2.26. The lowest BCUT2D eigenvalue weighted by molar-refractivity contribution is 0.0706. The number of carbonyl (C=O) groups is 2. The molecule has 0 saturated carbocycles. The van der Waals surface area contributed by atoms with E-state index in [0.717, 1.165) is 38.2 Å². The van der Waals surface area contributed by atoms with Gasteiger partial charge in [0.2, 0.25) is 0 Å². The van der Waals surface area contributed by atoms with Gasteiger partial charge in [0, 0.05) is 66.9 Å². The van der Waals surface area contributed by atoms with Crippen LogP contribution in [0.3, 0.4) is 0 Å². The third-order valence-corrected chi connectivity index (χ3v) is 7.87. The van der Waals surface area contributed by atoms with Crippen molar-refractivity contribution < 1.29 is 14.8 Å². The maximum atomic E-state index is 13.1. The number of hydrogen-bond acceptors (Lipinski definition) is 4. The quantitative estimate of drug-likeness (QED) is 0.208. The molecule has 5 rings (SSSR count). The van der Waals surface area contributed by atoms with Crippen molar-refractivity contribution in [2.24, 2.45) is 0 Å². The lowest BCUT2D eigenvalue weighted by Crippen LogP contribution is -2.42. The normalized spacial score (nSPS) is 12.9. The summed E-state index contributed by atoms with van der Waals surface area (Å²) in [5.41, 5.74) is 9.18. The highest BCUT2D eigenvalue weighted by Crippen LogP contribution is 2.31. The van der Waals surface area contributed by atoms with Crippen LogP contribution in [0.4, 0.5) is 4.79 Å². The molecule has 8 heteroatoms. The lowest BCUT2D eigenvalue weighted by Gasteiger charge is -2.28. The summed E-state index contributed by atoms with van der Waals surface area (Å²) in [5.74, 6) is -0.564. The molecule has 0 fully saturated rings. The molecule has 0 radical (unpaired) electrons. The molecule has 0 spiro atoms. The smallest absolute Gasteiger partial charge is 0.317 e. The lowest BCUT2D eigenvalue weighted by atomic mass is 10.0. The minimum absolute atomic E-state index is 0.108. The zero-order valence-corrected chi connectivity index (χ0v) is 23.2. The van der Waals surface area contributed by atoms with Crippen LogP contribution in [0.25, 0.3) is 10.9 Å². The molecule has 3 N–H and O–H groups in total. The van der Waals surface area contributed by atoms with E-state index < -0.39 is 5.91 Å². The van der Waals surface area contributed by atoms with Gasteiger partial charge in [0.15, 0.2) is 0 Å². The number of nitrogens with one attached hydrogen (secondary N) is 2. The summed E-state index contributed by atoms with van der Waals surface area (Å²) in [4.78, 5) is 28.9. The number of aromatic nitrogens is 1. The predicted molar refractivity (Wildman–Crippen MR) is 156 cm³/mol. The summed E-state index contributed by atoms with van der Waals surface area (Å²) in [6.45, 7) is 9.84. The minimum Gasteiger partial charge on any atom is -0.340 e. The molecule has 1 aliphatic rings. The number of fused-ring (bicyclic) bond motifs is 3. The van der Waals surface area contributed by atoms with Crippen LogP contribution in [-0.2, 0) is 32.6 Å². The third kappa shape index (κ3) is 5.88. The first kappa shape index (κ1) is 27.4. The molecule has 2 heterocycles. The first-order valence-electron chi connectivity index (χ1n) is 14.0. The first-order valence-corrected chi connectivity index (χ1v) is 14.0. The topological polar surface area (TPSA) is 89.8 Å². The first-order chi connectivity index (χ1) is 19.5. The molecule has 0 bridgehead atoms. The van der Waals surface area contributed by atoms with Gasteiger partial charge in [-0.1, -0.05) is 68.4 Å². The molecule has 0 unspecified atom stereocenters. The van der Waals surface area contributed by atoms with E-state index in [-0.39, 0.29) is 6.03 Å². The largest absolute Gasteiger partial charge is 0.340 e. The molecular weight excluding hydrogens is 502 g/mol. The van der Waals surface area contributed by atoms with E-state index >= 15 is 0 Å². The van der Waals surface area contributed by atoms with Crippen molar-refractivity contribution in [3.8, 4) is 0 Å². The van der Waals surface area contributed by atoms with Crippen molar-refractivity contribution in [2.45, 2.75) is 46.4 Å². The summed E-state index contributed by atoms with van der Waals surface area (Å²) in [7, 11) is 0. The number of para-hydroxylation sites is 1. The van der Waals surface area contributed by atoms with Crippen molar-refractivity contribution in [1.29, 1.82) is 0 Å². The Morgan fingerprint density at radius 2 is 1.57 bits per heavy atom. The average Bonchev–Trinajstić information content (AvgIpc) is 3.31. The Kier molecular flexibility index (Phi) is 8.48. The molecule has 8 nitrogen and oxygen atoms in total. The number of benzene rings is 3. The van der Waals surface area contributed by atoms with E-state index in [2.05, 4.69) is 77.2 Å². The molecule has 3 amide bonds. The van der Waals surface area contributed by atoms with Crippen LogP contribution in [0.15, 0.2) is 72.8 Å². The molecule has 208 valence electrons. The summed E-state index contributed by atoms with van der Waals surface area (Å²) in [6, 6.07) is 24.1. The van der Waals surface area contributed by atoms with E-state index in [4.69, 9.17) is 5.21 Å². The Balaban J connectivity index is 1.28. The van der Waals surface area contributed by atoms with Crippen LogP contribution in [0.5, 0.6) is 0 Å². The maximum Gasteiger partial charge on any atom is 0.317 e. The van der Waals surface area contributed by atoms with Gasteiger partial charge in [0.1, 0.15) is 0 Å². The summed E-state index contributed by atoms with van der Waals surface area (Å²) >= 11 is 0. The van der Waals surface area contributed by atoms with Crippen LogP contribution in [0, 0.1) is 0 Å². The highest BCUT2D eigenvalue weighted by atomic mass is 16.5. The molecule has 3 aromatic carbocycles. The van der Waals surface area contributed by atoms with Crippen molar-refractivity contribution in [3.63, 3.8) is 0 Å². The SMILES string of the molecule is CCN(CC)Cc1ccc(Cn2c3c(c4ccccc42)CN(C(=O)NCc2ccc(C(=O)NO)cc2)CC3)cc1. The molecule has 1 aromatic heterocycles. The van der Waals surface area contributed by atoms with Gasteiger partial charge >= 0.3 is 6.03 Å². The zero-order valence-electron chi connectivity index (χ0n) is 23.2. The standard InChI is InChI=1S/C32H37N5O3/c1-3-35(4-2)20-24-9-11-25(12-10-24)21-37-29-8-6-5-7-27(29)28-22-36(18-17-30(28)37)32(39)33-19-23-13-15-26(16-14-23)31(38)34-40/h5-16,40H,3-4,17-22H2,1-2H3,(H,33,39)(H,34,38). The molecule has 40 heavy (non-hydrogen) atoms. The summed E-state index contributed by atoms with van der Waals surface area (Å²) < 4.78 is 2.42. The van der Waals surface area contributed by atoms with Gasteiger partial charge in [-0.05, 0) is 48.0 Å². The van der Waals surface area contributed by atoms with Crippen LogP contribution in [0.1, 0.15) is 52.2 Å². The van der Waals surface area contributed by atoms with Crippen molar-refractivity contribution in [2.75, 3.05) is 19.6 Å². The van der Waals surface area contributed by atoms with E-state index in [0.29, 0.717) is 25.2 Å². The highest BCUT2D eigenvalue weighted by molar-refractivity contribution is 5.93. The fourth-order valence-electron chi connectivity index (χ4n) is 5.52. The number of carbonyl (C=O) groups excluding carboxylic acids is 2. The number of hydroxylamine groups is 1. The van der Waals surface area contributed by atoms with Crippen molar-refractivity contribution in [3.05, 3.63) is 106 Å². The fourth-order valence-corrected chi connectivity index (χ4v) is 5.52. The van der Waals surface area contributed by atoms with E-state index in [1.807, 2.05) is 4.90 Å². The van der Waals surface area contributed by atoms with E-state index in [1.165, 1.54) is 33.3 Å². The molecule has 0 saturated heterocycles. The molecule has 4 aromatic rings. The Labute approximate surface area is 235 Å². The van der Waals surface area contributed by atoms with Crippen molar-refractivity contribution in [1.82, 2.24) is 25.2 Å². The van der Waals surface area contributed by atoms with Gasteiger partial charge in [-0.3, -0.25) is 14.9 Å². The second kappa shape index (κ2) is 12.4. The van der Waals surface area contributed by atoms with Gasteiger partial charge in [-0.15, -0.1) is 0 Å². The van der Waals surface area contributed by atoms with Gasteiger partial charge < -0.3 is 14.8 Å². The average molecular weight is 540 g/mol. The monoisotopic (exact) mass is 539 g/mol.